The zero-order valence-corrected chi connectivity index (χ0v) is 10.9. The average Bonchev–Trinajstić information content (AvgIpc) is 2.37. The maximum Gasteiger partial charge on any atom is 0.258 e. The lowest BCUT2D eigenvalue weighted by atomic mass is 10.2. The fourth-order valence-electron chi connectivity index (χ4n) is 1.39. The van der Waals surface area contributed by atoms with Crippen LogP contribution in [0.2, 0.25) is 0 Å². The summed E-state index contributed by atoms with van der Waals surface area (Å²) in [5.74, 6) is 1.21. The predicted molar refractivity (Wildman–Crippen MR) is 65.4 cm³/mol. The summed E-state index contributed by atoms with van der Waals surface area (Å²) in [5.41, 5.74) is 5.13. The molecule has 0 saturated carbocycles. The standard InChI is InChI=1S/C12H17NO5/c1-7(12(13)14)18-8-5-9(15-2)11(17-4)10(6-8)16-3/h5-7H,1-4H3,(H2,13,14). The van der Waals surface area contributed by atoms with E-state index in [1.54, 1.807) is 19.1 Å². The quantitative estimate of drug-likeness (QED) is 0.819. The normalized spacial score (nSPS) is 11.6. The van der Waals surface area contributed by atoms with Gasteiger partial charge in [-0.1, -0.05) is 0 Å². The van der Waals surface area contributed by atoms with E-state index in [2.05, 4.69) is 0 Å². The molecule has 0 fully saturated rings. The van der Waals surface area contributed by atoms with Crippen LogP contribution in [0.3, 0.4) is 0 Å². The second kappa shape index (κ2) is 6.00. The Kier molecular flexibility index (Phi) is 4.65. The van der Waals surface area contributed by atoms with Crippen molar-refractivity contribution in [2.24, 2.45) is 5.73 Å². The van der Waals surface area contributed by atoms with Crippen LogP contribution in [0.5, 0.6) is 23.0 Å². The zero-order chi connectivity index (χ0) is 13.7. The maximum atomic E-state index is 10.9. The second-order valence-corrected chi connectivity index (χ2v) is 3.52. The van der Waals surface area contributed by atoms with Crippen molar-refractivity contribution in [2.75, 3.05) is 21.3 Å². The minimum absolute atomic E-state index is 0.413. The third-order valence-electron chi connectivity index (χ3n) is 2.35. The molecule has 1 atom stereocenters. The van der Waals surface area contributed by atoms with Gasteiger partial charge in [0.25, 0.3) is 5.91 Å². The lowest BCUT2D eigenvalue weighted by molar-refractivity contribution is -0.123. The molecule has 2 N–H and O–H groups in total. The van der Waals surface area contributed by atoms with Gasteiger partial charge in [0.15, 0.2) is 17.6 Å². The monoisotopic (exact) mass is 255 g/mol. The first kappa shape index (κ1) is 14.0. The van der Waals surface area contributed by atoms with Gasteiger partial charge in [-0.05, 0) is 6.92 Å². The van der Waals surface area contributed by atoms with Crippen LogP contribution in [0.4, 0.5) is 0 Å². The molecule has 0 bridgehead atoms. The summed E-state index contributed by atoms with van der Waals surface area (Å²) in [5, 5.41) is 0. The SMILES string of the molecule is COc1cc(OC(C)C(N)=O)cc(OC)c1OC. The number of benzene rings is 1. The third kappa shape index (κ3) is 2.97. The van der Waals surface area contributed by atoms with E-state index in [1.165, 1.54) is 21.3 Å². The number of primary amides is 1. The van der Waals surface area contributed by atoms with E-state index >= 15 is 0 Å². The Morgan fingerprint density at radius 1 is 1.11 bits per heavy atom. The van der Waals surface area contributed by atoms with Crippen LogP contribution < -0.4 is 24.7 Å². The van der Waals surface area contributed by atoms with E-state index in [9.17, 15) is 4.79 Å². The highest BCUT2D eigenvalue weighted by Crippen LogP contribution is 2.40. The molecule has 1 rings (SSSR count). The molecule has 6 heteroatoms. The number of nitrogens with two attached hydrogens (primary N) is 1. The molecule has 1 aromatic rings. The molecular formula is C12H17NO5. The van der Waals surface area contributed by atoms with E-state index in [-0.39, 0.29) is 0 Å². The molecule has 0 aliphatic carbocycles. The van der Waals surface area contributed by atoms with Crippen molar-refractivity contribution in [3.63, 3.8) is 0 Å². The molecule has 100 valence electrons. The molecular weight excluding hydrogens is 238 g/mol. The van der Waals surface area contributed by atoms with E-state index in [1.807, 2.05) is 0 Å². The Balaban J connectivity index is 3.11. The summed E-state index contributed by atoms with van der Waals surface area (Å²) >= 11 is 0. The molecule has 0 aliphatic heterocycles. The first-order chi connectivity index (χ1) is 8.53. The van der Waals surface area contributed by atoms with Gasteiger partial charge in [0.1, 0.15) is 5.75 Å². The van der Waals surface area contributed by atoms with Gasteiger partial charge in [0.05, 0.1) is 21.3 Å². The highest BCUT2D eigenvalue weighted by molar-refractivity contribution is 5.78. The topological polar surface area (TPSA) is 80.0 Å². The summed E-state index contributed by atoms with van der Waals surface area (Å²) in [6, 6.07) is 3.20. The number of hydrogen-bond acceptors (Lipinski definition) is 5. The molecule has 1 aromatic carbocycles. The Morgan fingerprint density at radius 2 is 1.61 bits per heavy atom. The van der Waals surface area contributed by atoms with Crippen LogP contribution in [-0.2, 0) is 4.79 Å². The Bertz CT molecular complexity index is 407. The van der Waals surface area contributed by atoms with Crippen molar-refractivity contribution >= 4 is 5.91 Å². The number of amides is 1. The molecule has 18 heavy (non-hydrogen) atoms. The fourth-order valence-corrected chi connectivity index (χ4v) is 1.39. The van der Waals surface area contributed by atoms with Gasteiger partial charge in [0, 0.05) is 12.1 Å². The smallest absolute Gasteiger partial charge is 0.258 e. The predicted octanol–water partition coefficient (Wildman–Crippen LogP) is 0.965. The molecule has 0 saturated heterocycles. The highest BCUT2D eigenvalue weighted by Gasteiger charge is 2.16. The second-order valence-electron chi connectivity index (χ2n) is 3.52. The van der Waals surface area contributed by atoms with Crippen LogP contribution in [0, 0.1) is 0 Å². The third-order valence-corrected chi connectivity index (χ3v) is 2.35. The lowest BCUT2D eigenvalue weighted by Crippen LogP contribution is -2.30. The van der Waals surface area contributed by atoms with Crippen LogP contribution >= 0.6 is 0 Å². The Labute approximate surface area is 106 Å². The van der Waals surface area contributed by atoms with Crippen molar-refractivity contribution in [2.45, 2.75) is 13.0 Å². The number of ether oxygens (including phenoxy) is 4. The van der Waals surface area contributed by atoms with Gasteiger partial charge in [-0.15, -0.1) is 0 Å². The molecule has 1 unspecified atom stereocenters. The van der Waals surface area contributed by atoms with Gasteiger partial charge in [0.2, 0.25) is 5.75 Å². The summed E-state index contributed by atoms with van der Waals surface area (Å²) in [6.07, 6.45) is -0.743. The van der Waals surface area contributed by atoms with Crippen molar-refractivity contribution in [1.29, 1.82) is 0 Å². The van der Waals surface area contributed by atoms with Gasteiger partial charge < -0.3 is 24.7 Å². The molecule has 0 heterocycles. The number of methoxy groups -OCH3 is 3. The average molecular weight is 255 g/mol. The van der Waals surface area contributed by atoms with Crippen LogP contribution in [-0.4, -0.2) is 33.3 Å². The van der Waals surface area contributed by atoms with Crippen molar-refractivity contribution in [1.82, 2.24) is 0 Å². The van der Waals surface area contributed by atoms with Gasteiger partial charge in [-0.2, -0.15) is 0 Å². The Morgan fingerprint density at radius 3 is 1.94 bits per heavy atom. The van der Waals surface area contributed by atoms with Gasteiger partial charge in [-0.3, -0.25) is 4.79 Å². The molecule has 0 aliphatic rings. The van der Waals surface area contributed by atoms with E-state index < -0.39 is 12.0 Å². The van der Waals surface area contributed by atoms with Crippen LogP contribution in [0.1, 0.15) is 6.92 Å². The molecule has 0 aromatic heterocycles. The van der Waals surface area contributed by atoms with Crippen LogP contribution in [0.25, 0.3) is 0 Å². The Hall–Kier alpha value is -2.11. The highest BCUT2D eigenvalue weighted by atomic mass is 16.5. The van der Waals surface area contributed by atoms with Gasteiger partial charge >= 0.3 is 0 Å². The zero-order valence-electron chi connectivity index (χ0n) is 10.9. The van der Waals surface area contributed by atoms with E-state index in [0.717, 1.165) is 0 Å². The minimum Gasteiger partial charge on any atom is -0.493 e. The summed E-state index contributed by atoms with van der Waals surface area (Å²) in [7, 11) is 4.50. The summed E-state index contributed by atoms with van der Waals surface area (Å²) < 4.78 is 20.9. The van der Waals surface area contributed by atoms with E-state index in [0.29, 0.717) is 23.0 Å². The number of rotatable bonds is 6. The molecule has 1 amide bonds. The number of hydrogen-bond donors (Lipinski definition) is 1. The first-order valence-electron chi connectivity index (χ1n) is 5.29. The lowest BCUT2D eigenvalue weighted by Gasteiger charge is -2.16. The summed E-state index contributed by atoms with van der Waals surface area (Å²) in [4.78, 5) is 10.9. The fraction of sp³-hybridized carbons (Fsp3) is 0.417. The maximum absolute atomic E-state index is 10.9. The van der Waals surface area contributed by atoms with Crippen molar-refractivity contribution in [3.8, 4) is 23.0 Å². The van der Waals surface area contributed by atoms with E-state index in [4.69, 9.17) is 24.7 Å². The minimum atomic E-state index is -0.743. The number of carbonyl (C=O) groups excluding carboxylic acids is 1. The summed E-state index contributed by atoms with van der Waals surface area (Å²) in [6.45, 7) is 1.56. The largest absolute Gasteiger partial charge is 0.493 e. The molecule has 0 spiro atoms. The molecule has 6 nitrogen and oxygen atoms in total. The van der Waals surface area contributed by atoms with Crippen LogP contribution in [0.15, 0.2) is 12.1 Å². The molecule has 0 radical (unpaired) electrons. The van der Waals surface area contributed by atoms with Crippen molar-refractivity contribution < 1.29 is 23.7 Å². The van der Waals surface area contributed by atoms with Crippen molar-refractivity contribution in [3.05, 3.63) is 12.1 Å². The number of carbonyl (C=O) groups is 1. The first-order valence-corrected chi connectivity index (χ1v) is 5.29. The van der Waals surface area contributed by atoms with Gasteiger partial charge in [-0.25, -0.2) is 0 Å².